The number of nitrogens with one attached hydrogen (secondary N) is 1. The van der Waals surface area contributed by atoms with Gasteiger partial charge in [-0.15, -0.1) is 0 Å². The minimum Gasteiger partial charge on any atom is -0.380 e. The predicted octanol–water partition coefficient (Wildman–Crippen LogP) is 3.61. The summed E-state index contributed by atoms with van der Waals surface area (Å²) in [6.07, 6.45) is 1.67. The quantitative estimate of drug-likeness (QED) is 0.826. The minimum atomic E-state index is -3.36. The molecule has 1 aromatic carbocycles. The molecule has 2 rings (SSSR count). The third kappa shape index (κ3) is 4.55. The Hall–Kier alpha value is -0.910. The Bertz CT molecular complexity index is 589. The summed E-state index contributed by atoms with van der Waals surface area (Å²) in [7, 11) is -3.36. The predicted molar refractivity (Wildman–Crippen MR) is 94.0 cm³/mol. The molecular formula is C18H29NO3S. The molecule has 4 nitrogen and oxygen atoms in total. The lowest BCUT2D eigenvalue weighted by Crippen LogP contribution is -2.39. The fraction of sp³-hybridized carbons (Fsp3) is 0.667. The van der Waals surface area contributed by atoms with Crippen molar-refractivity contribution in [1.82, 2.24) is 4.72 Å². The maximum atomic E-state index is 12.6. The van der Waals surface area contributed by atoms with Crippen LogP contribution >= 0.6 is 0 Å². The van der Waals surface area contributed by atoms with E-state index in [1.165, 1.54) is 5.56 Å². The van der Waals surface area contributed by atoms with Crippen molar-refractivity contribution >= 4 is 10.0 Å². The molecule has 0 aromatic heterocycles. The van der Waals surface area contributed by atoms with Gasteiger partial charge in [0.1, 0.15) is 5.25 Å². The number of sulfonamides is 1. The van der Waals surface area contributed by atoms with Gasteiger partial charge in [0.05, 0.1) is 6.61 Å². The molecule has 1 aliphatic heterocycles. The van der Waals surface area contributed by atoms with E-state index in [9.17, 15) is 8.42 Å². The molecule has 130 valence electrons. The second-order valence-electron chi connectivity index (χ2n) is 6.85. The zero-order chi connectivity index (χ0) is 17.0. The Morgan fingerprint density at radius 1 is 1.17 bits per heavy atom. The molecule has 0 radical (unpaired) electrons. The van der Waals surface area contributed by atoms with E-state index in [4.69, 9.17) is 4.74 Å². The van der Waals surface area contributed by atoms with Gasteiger partial charge in [0.25, 0.3) is 0 Å². The first kappa shape index (κ1) is 18.4. The van der Waals surface area contributed by atoms with Gasteiger partial charge in [-0.3, -0.25) is 0 Å². The summed E-state index contributed by atoms with van der Waals surface area (Å²) in [6.45, 7) is 9.29. The number of ether oxygens (including phenoxy) is 1. The molecule has 3 unspecified atom stereocenters. The van der Waals surface area contributed by atoms with Gasteiger partial charge in [-0.1, -0.05) is 52.0 Å². The molecule has 1 aromatic rings. The highest BCUT2D eigenvalue weighted by molar-refractivity contribution is 7.90. The lowest BCUT2D eigenvalue weighted by atomic mass is 9.93. The highest BCUT2D eigenvalue weighted by atomic mass is 32.2. The fourth-order valence-electron chi connectivity index (χ4n) is 2.89. The molecule has 5 heteroatoms. The van der Waals surface area contributed by atoms with Crippen molar-refractivity contribution in [3.8, 4) is 0 Å². The normalized spacial score (nSPS) is 21.5. The standard InChI is InChI=1S/C18H29NO3S/c1-5-14(4)15-6-8-16(9-7-15)18(13(2)3)19-23(20,21)17-10-11-22-12-17/h6-9,13-14,17-19H,5,10-12H2,1-4H3. The fourth-order valence-corrected chi connectivity index (χ4v) is 4.52. The van der Waals surface area contributed by atoms with Gasteiger partial charge in [-0.25, -0.2) is 13.1 Å². The minimum absolute atomic E-state index is 0.182. The number of hydrogen-bond donors (Lipinski definition) is 1. The first-order valence-corrected chi connectivity index (χ1v) is 10.1. The van der Waals surface area contributed by atoms with Gasteiger partial charge in [0, 0.05) is 12.6 Å². The van der Waals surface area contributed by atoms with E-state index in [1.807, 2.05) is 13.8 Å². The van der Waals surface area contributed by atoms with Crippen LogP contribution in [0.5, 0.6) is 0 Å². The topological polar surface area (TPSA) is 55.4 Å². The van der Waals surface area contributed by atoms with E-state index < -0.39 is 15.3 Å². The van der Waals surface area contributed by atoms with Gasteiger partial charge in [-0.05, 0) is 35.8 Å². The van der Waals surface area contributed by atoms with Crippen LogP contribution < -0.4 is 4.72 Å². The second kappa shape index (κ2) is 7.77. The third-order valence-corrected chi connectivity index (χ3v) is 6.59. The molecule has 1 saturated heterocycles. The zero-order valence-electron chi connectivity index (χ0n) is 14.6. The Labute approximate surface area is 140 Å². The third-order valence-electron chi connectivity index (χ3n) is 4.76. The average Bonchev–Trinajstić information content (AvgIpc) is 3.07. The highest BCUT2D eigenvalue weighted by Crippen LogP contribution is 2.27. The highest BCUT2D eigenvalue weighted by Gasteiger charge is 2.32. The molecule has 0 amide bonds. The maximum Gasteiger partial charge on any atom is 0.217 e. The van der Waals surface area contributed by atoms with Crippen molar-refractivity contribution in [3.63, 3.8) is 0 Å². The molecule has 0 aliphatic carbocycles. The van der Waals surface area contributed by atoms with Gasteiger partial charge in [0.2, 0.25) is 10.0 Å². The van der Waals surface area contributed by atoms with Crippen molar-refractivity contribution in [2.45, 2.75) is 57.7 Å². The van der Waals surface area contributed by atoms with Crippen LogP contribution in [0.1, 0.15) is 63.6 Å². The van der Waals surface area contributed by atoms with Crippen molar-refractivity contribution in [1.29, 1.82) is 0 Å². The molecule has 0 saturated carbocycles. The van der Waals surface area contributed by atoms with Gasteiger partial charge >= 0.3 is 0 Å². The van der Waals surface area contributed by atoms with Gasteiger partial charge < -0.3 is 4.74 Å². The summed E-state index contributed by atoms with van der Waals surface area (Å²) in [4.78, 5) is 0. The zero-order valence-corrected chi connectivity index (χ0v) is 15.4. The van der Waals surface area contributed by atoms with Gasteiger partial charge in [0.15, 0.2) is 0 Å². The number of rotatable bonds is 7. The first-order valence-electron chi connectivity index (χ1n) is 8.54. The van der Waals surface area contributed by atoms with E-state index in [2.05, 4.69) is 42.8 Å². The summed E-state index contributed by atoms with van der Waals surface area (Å²) >= 11 is 0. The molecule has 23 heavy (non-hydrogen) atoms. The molecule has 3 atom stereocenters. The van der Waals surface area contributed by atoms with Crippen LogP contribution in [-0.2, 0) is 14.8 Å². The smallest absolute Gasteiger partial charge is 0.217 e. The van der Waals surface area contributed by atoms with Gasteiger partial charge in [-0.2, -0.15) is 0 Å². The molecule has 1 fully saturated rings. The van der Waals surface area contributed by atoms with E-state index >= 15 is 0 Å². The molecular weight excluding hydrogens is 310 g/mol. The largest absolute Gasteiger partial charge is 0.380 e. The van der Waals surface area contributed by atoms with Crippen LogP contribution in [0, 0.1) is 5.92 Å². The Balaban J connectivity index is 2.18. The van der Waals surface area contributed by atoms with E-state index in [1.54, 1.807) is 0 Å². The molecule has 1 N–H and O–H groups in total. The summed E-state index contributed by atoms with van der Waals surface area (Å²) < 4.78 is 33.2. The average molecular weight is 340 g/mol. The van der Waals surface area contributed by atoms with Crippen LogP contribution in [-0.4, -0.2) is 26.9 Å². The molecule has 0 bridgehead atoms. The lowest BCUT2D eigenvalue weighted by Gasteiger charge is -2.25. The second-order valence-corrected chi connectivity index (χ2v) is 8.84. The van der Waals surface area contributed by atoms with Crippen LogP contribution in [0.3, 0.4) is 0 Å². The van der Waals surface area contributed by atoms with Crippen molar-refractivity contribution < 1.29 is 13.2 Å². The Morgan fingerprint density at radius 3 is 2.26 bits per heavy atom. The molecule has 1 aliphatic rings. The molecule has 0 spiro atoms. The lowest BCUT2D eigenvalue weighted by molar-refractivity contribution is 0.198. The summed E-state index contributed by atoms with van der Waals surface area (Å²) in [5, 5.41) is -0.428. The van der Waals surface area contributed by atoms with Crippen LogP contribution in [0.25, 0.3) is 0 Å². The van der Waals surface area contributed by atoms with Crippen LogP contribution in [0.15, 0.2) is 24.3 Å². The maximum absolute atomic E-state index is 12.6. The summed E-state index contributed by atoms with van der Waals surface area (Å²) in [6, 6.07) is 8.14. The molecule has 1 heterocycles. The van der Waals surface area contributed by atoms with Crippen molar-refractivity contribution in [2.75, 3.05) is 13.2 Å². The summed E-state index contributed by atoms with van der Waals surface area (Å²) in [5.41, 5.74) is 2.32. The van der Waals surface area contributed by atoms with E-state index in [0.717, 1.165) is 12.0 Å². The van der Waals surface area contributed by atoms with E-state index in [0.29, 0.717) is 25.6 Å². The van der Waals surface area contributed by atoms with E-state index in [-0.39, 0.29) is 12.0 Å². The van der Waals surface area contributed by atoms with Crippen molar-refractivity contribution in [3.05, 3.63) is 35.4 Å². The number of benzene rings is 1. The Morgan fingerprint density at radius 2 is 1.78 bits per heavy atom. The van der Waals surface area contributed by atoms with Crippen molar-refractivity contribution in [2.24, 2.45) is 5.92 Å². The monoisotopic (exact) mass is 339 g/mol. The number of hydrogen-bond acceptors (Lipinski definition) is 3. The van der Waals surface area contributed by atoms with Crippen LogP contribution in [0.4, 0.5) is 0 Å². The first-order chi connectivity index (χ1) is 10.8. The summed E-state index contributed by atoms with van der Waals surface area (Å²) in [5.74, 6) is 0.704. The van der Waals surface area contributed by atoms with Crippen LogP contribution in [0.2, 0.25) is 0 Å². The SMILES string of the molecule is CCC(C)c1ccc(C(NS(=O)(=O)C2CCOC2)C(C)C)cc1. The Kier molecular flexibility index (Phi) is 6.23.